The van der Waals surface area contributed by atoms with Crippen LogP contribution in [0.15, 0.2) is 66.2 Å². The van der Waals surface area contributed by atoms with Gasteiger partial charge in [-0.2, -0.15) is 5.26 Å². The number of aromatic hydroxyl groups is 1. The average molecular weight is 359 g/mol. The molecule has 0 spiro atoms. The lowest BCUT2D eigenvalue weighted by atomic mass is 10.0. The van der Waals surface area contributed by atoms with Crippen molar-refractivity contribution in [3.63, 3.8) is 0 Å². The molecule has 0 atom stereocenters. The molecule has 0 unspecified atom stereocenters. The van der Waals surface area contributed by atoms with Gasteiger partial charge in [-0.3, -0.25) is 14.9 Å². The number of nitriles is 1. The van der Waals surface area contributed by atoms with Gasteiger partial charge in [-0.25, -0.2) is 0 Å². The number of amides is 1. The number of anilines is 1. The highest BCUT2D eigenvalue weighted by Gasteiger charge is 2.15. The summed E-state index contributed by atoms with van der Waals surface area (Å²) in [6, 6.07) is 18.2. The van der Waals surface area contributed by atoms with Crippen molar-refractivity contribution in [2.75, 3.05) is 5.32 Å². The molecule has 0 saturated heterocycles. The maximum absolute atomic E-state index is 12.4. The van der Waals surface area contributed by atoms with Crippen molar-refractivity contribution in [1.82, 2.24) is 0 Å². The number of carbonyl (C=O) groups is 1. The monoisotopic (exact) mass is 359 g/mol. The second-order valence-corrected chi connectivity index (χ2v) is 5.65. The third-order valence-electron chi connectivity index (χ3n) is 3.93. The number of fused-ring (bicyclic) bond motifs is 1. The van der Waals surface area contributed by atoms with Gasteiger partial charge in [-0.05, 0) is 28.5 Å². The van der Waals surface area contributed by atoms with E-state index in [9.17, 15) is 25.3 Å². The van der Waals surface area contributed by atoms with Crippen molar-refractivity contribution >= 4 is 34.1 Å². The molecule has 27 heavy (non-hydrogen) atoms. The number of nitrogens with zero attached hydrogens (tertiary/aromatic N) is 2. The van der Waals surface area contributed by atoms with Crippen LogP contribution in [0, 0.1) is 21.4 Å². The van der Waals surface area contributed by atoms with E-state index in [0.29, 0.717) is 5.56 Å². The van der Waals surface area contributed by atoms with Gasteiger partial charge in [0.05, 0.1) is 16.7 Å². The summed E-state index contributed by atoms with van der Waals surface area (Å²) in [5.41, 5.74) is 0.207. The van der Waals surface area contributed by atoms with Crippen molar-refractivity contribution < 1.29 is 14.8 Å². The molecule has 0 bridgehead atoms. The average Bonchev–Trinajstić information content (AvgIpc) is 2.67. The molecule has 0 heterocycles. The van der Waals surface area contributed by atoms with Crippen LogP contribution in [0.2, 0.25) is 0 Å². The fraction of sp³-hybridized carbons (Fsp3) is 0. The number of phenols is 1. The van der Waals surface area contributed by atoms with Crippen molar-refractivity contribution in [3.8, 4) is 11.8 Å². The van der Waals surface area contributed by atoms with Gasteiger partial charge in [0.15, 0.2) is 0 Å². The Morgan fingerprint density at radius 1 is 1.15 bits per heavy atom. The number of phenolic OH excluding ortho intramolecular Hbond substituents is 1. The summed E-state index contributed by atoms with van der Waals surface area (Å²) in [4.78, 5) is 22.5. The first-order valence-corrected chi connectivity index (χ1v) is 7.88. The Morgan fingerprint density at radius 2 is 1.89 bits per heavy atom. The third kappa shape index (κ3) is 3.75. The third-order valence-corrected chi connectivity index (χ3v) is 3.93. The molecular formula is C20H13N3O4. The smallest absolute Gasteiger partial charge is 0.273 e. The summed E-state index contributed by atoms with van der Waals surface area (Å²) in [5, 5.41) is 34.2. The van der Waals surface area contributed by atoms with Gasteiger partial charge in [0.2, 0.25) is 0 Å². The van der Waals surface area contributed by atoms with E-state index >= 15 is 0 Å². The predicted octanol–water partition coefficient (Wildman–Crippen LogP) is 4.00. The Hall–Kier alpha value is -4.18. The number of hydrogen-bond acceptors (Lipinski definition) is 5. The summed E-state index contributed by atoms with van der Waals surface area (Å²) < 4.78 is 0. The van der Waals surface area contributed by atoms with Crippen LogP contribution in [0.5, 0.6) is 5.75 Å². The molecule has 0 radical (unpaired) electrons. The first-order valence-electron chi connectivity index (χ1n) is 7.88. The van der Waals surface area contributed by atoms with E-state index in [-0.39, 0.29) is 16.9 Å². The molecule has 0 aliphatic heterocycles. The minimum atomic E-state index is -0.727. The van der Waals surface area contributed by atoms with Crippen LogP contribution in [0.4, 0.5) is 11.4 Å². The lowest BCUT2D eigenvalue weighted by Gasteiger charge is -2.07. The van der Waals surface area contributed by atoms with Crippen LogP contribution in [0.3, 0.4) is 0 Å². The Labute approximate surface area is 153 Å². The molecule has 0 fully saturated rings. The first-order chi connectivity index (χ1) is 13.0. The predicted molar refractivity (Wildman–Crippen MR) is 101 cm³/mol. The van der Waals surface area contributed by atoms with E-state index in [1.165, 1.54) is 12.1 Å². The van der Waals surface area contributed by atoms with Gasteiger partial charge < -0.3 is 10.4 Å². The molecule has 3 aromatic rings. The molecule has 3 rings (SSSR count). The fourth-order valence-corrected chi connectivity index (χ4v) is 2.61. The van der Waals surface area contributed by atoms with Crippen molar-refractivity contribution in [2.24, 2.45) is 0 Å². The summed E-state index contributed by atoms with van der Waals surface area (Å²) in [6.07, 6.45) is 1.46. The maximum atomic E-state index is 12.4. The van der Waals surface area contributed by atoms with Crippen LogP contribution < -0.4 is 5.32 Å². The molecule has 7 nitrogen and oxygen atoms in total. The Morgan fingerprint density at radius 3 is 2.59 bits per heavy atom. The standard InChI is InChI=1S/C20H13N3O4/c21-12-15(10-14-6-3-5-13-4-1-2-7-17(13)14)20(25)22-18-9-8-16(23(26)27)11-19(18)24/h1-11,24H,(H,22,25). The maximum Gasteiger partial charge on any atom is 0.273 e. The van der Waals surface area contributed by atoms with Crippen LogP contribution in [0.1, 0.15) is 5.56 Å². The number of benzene rings is 3. The largest absolute Gasteiger partial charge is 0.506 e. The highest BCUT2D eigenvalue weighted by Crippen LogP contribution is 2.28. The molecule has 0 aliphatic rings. The second kappa shape index (κ2) is 7.37. The molecule has 0 saturated carbocycles. The molecule has 0 aliphatic carbocycles. The number of hydrogen-bond donors (Lipinski definition) is 2. The highest BCUT2D eigenvalue weighted by atomic mass is 16.6. The topological polar surface area (TPSA) is 116 Å². The van der Waals surface area contributed by atoms with Crippen molar-refractivity contribution in [2.45, 2.75) is 0 Å². The number of nitro groups is 1. The Bertz CT molecular complexity index is 1120. The van der Waals surface area contributed by atoms with Gasteiger partial charge in [-0.1, -0.05) is 42.5 Å². The molecular weight excluding hydrogens is 346 g/mol. The minimum absolute atomic E-state index is 0.0235. The van der Waals surface area contributed by atoms with Crippen LogP contribution in [0.25, 0.3) is 16.8 Å². The van der Waals surface area contributed by atoms with Gasteiger partial charge in [-0.15, -0.1) is 0 Å². The van der Waals surface area contributed by atoms with E-state index in [2.05, 4.69) is 5.32 Å². The molecule has 132 valence electrons. The van der Waals surface area contributed by atoms with E-state index in [1.54, 1.807) is 6.07 Å². The zero-order valence-electron chi connectivity index (χ0n) is 13.9. The Balaban J connectivity index is 1.92. The molecule has 1 amide bonds. The zero-order valence-corrected chi connectivity index (χ0v) is 13.9. The van der Waals surface area contributed by atoms with E-state index < -0.39 is 16.6 Å². The van der Waals surface area contributed by atoms with E-state index in [4.69, 9.17) is 0 Å². The molecule has 3 aromatic carbocycles. The quantitative estimate of drug-likeness (QED) is 0.240. The minimum Gasteiger partial charge on any atom is -0.506 e. The number of nitrogens with one attached hydrogen (secondary N) is 1. The number of nitro benzene ring substituents is 1. The molecule has 7 heteroatoms. The van der Waals surface area contributed by atoms with Gasteiger partial charge in [0.25, 0.3) is 11.6 Å². The highest BCUT2D eigenvalue weighted by molar-refractivity contribution is 6.11. The van der Waals surface area contributed by atoms with Gasteiger partial charge in [0.1, 0.15) is 17.4 Å². The second-order valence-electron chi connectivity index (χ2n) is 5.65. The van der Waals surface area contributed by atoms with E-state index in [0.717, 1.165) is 22.9 Å². The van der Waals surface area contributed by atoms with Crippen LogP contribution in [-0.2, 0) is 4.79 Å². The first kappa shape index (κ1) is 17.6. The van der Waals surface area contributed by atoms with Crippen LogP contribution >= 0.6 is 0 Å². The van der Waals surface area contributed by atoms with Crippen molar-refractivity contribution in [1.29, 1.82) is 5.26 Å². The van der Waals surface area contributed by atoms with Crippen LogP contribution in [-0.4, -0.2) is 15.9 Å². The fourth-order valence-electron chi connectivity index (χ4n) is 2.61. The summed E-state index contributed by atoms with van der Waals surface area (Å²) in [5.74, 6) is -1.19. The Kier molecular flexibility index (Phi) is 4.82. The zero-order chi connectivity index (χ0) is 19.4. The summed E-state index contributed by atoms with van der Waals surface area (Å²) >= 11 is 0. The number of rotatable bonds is 4. The molecule has 2 N–H and O–H groups in total. The molecule has 0 aromatic heterocycles. The lowest BCUT2D eigenvalue weighted by molar-refractivity contribution is -0.384. The number of carbonyl (C=O) groups excluding carboxylic acids is 1. The van der Waals surface area contributed by atoms with Gasteiger partial charge >= 0.3 is 0 Å². The lowest BCUT2D eigenvalue weighted by Crippen LogP contribution is -2.13. The SMILES string of the molecule is N#CC(=Cc1cccc2ccccc12)C(=O)Nc1ccc([N+](=O)[O-])cc1O. The number of non-ortho nitro benzene ring substituents is 1. The van der Waals surface area contributed by atoms with Crippen molar-refractivity contribution in [3.05, 3.63) is 81.9 Å². The van der Waals surface area contributed by atoms with E-state index in [1.807, 2.05) is 42.5 Å². The van der Waals surface area contributed by atoms with Gasteiger partial charge in [0, 0.05) is 6.07 Å². The normalized spacial score (nSPS) is 11.0. The summed E-state index contributed by atoms with van der Waals surface area (Å²) in [6.45, 7) is 0. The summed E-state index contributed by atoms with van der Waals surface area (Å²) in [7, 11) is 0.